The summed E-state index contributed by atoms with van der Waals surface area (Å²) in [6.07, 6.45) is 3.20. The van der Waals surface area contributed by atoms with Crippen LogP contribution in [0.3, 0.4) is 0 Å². The Morgan fingerprint density at radius 1 is 0.973 bits per heavy atom. The normalized spacial score (nSPS) is 11.8. The van der Waals surface area contributed by atoms with Crippen LogP contribution in [-0.4, -0.2) is 65.1 Å². The van der Waals surface area contributed by atoms with E-state index < -0.39 is 27.9 Å². The number of nitrogens with zero attached hydrogens (tertiary/aromatic N) is 1. The number of sulfonamides is 1. The molecule has 0 aliphatic carbocycles. The Balaban J connectivity index is 2.12. The maximum Gasteiger partial charge on any atom is 0.251 e. The average molecular weight is 530 g/mol. The van der Waals surface area contributed by atoms with E-state index in [1.807, 2.05) is 37.3 Å². The molecule has 10 nitrogen and oxygen atoms in total. The summed E-state index contributed by atoms with van der Waals surface area (Å²) >= 11 is 0. The van der Waals surface area contributed by atoms with E-state index in [9.17, 15) is 22.8 Å². The minimum atomic E-state index is -3.63. The van der Waals surface area contributed by atoms with Crippen molar-refractivity contribution in [2.24, 2.45) is 0 Å². The topological polar surface area (TPSA) is 137 Å². The first-order valence-electron chi connectivity index (χ1n) is 11.9. The second kappa shape index (κ2) is 14.1. The van der Waals surface area contributed by atoms with Crippen molar-refractivity contribution in [3.8, 4) is 0 Å². The lowest BCUT2D eigenvalue weighted by molar-refractivity contribution is -0.123. The lowest BCUT2D eigenvalue weighted by atomic mass is 10.1. The van der Waals surface area contributed by atoms with Gasteiger partial charge in [-0.2, -0.15) is 0 Å². The molecule has 11 heteroatoms. The van der Waals surface area contributed by atoms with Crippen LogP contribution in [0.1, 0.15) is 39.6 Å². The molecule has 0 radical (unpaired) electrons. The zero-order valence-corrected chi connectivity index (χ0v) is 22.2. The van der Waals surface area contributed by atoms with Gasteiger partial charge in [0.15, 0.2) is 0 Å². The van der Waals surface area contributed by atoms with Crippen molar-refractivity contribution in [2.45, 2.75) is 25.9 Å². The van der Waals surface area contributed by atoms with Gasteiger partial charge in [-0.1, -0.05) is 43.3 Å². The minimum Gasteiger partial charge on any atom is -0.351 e. The van der Waals surface area contributed by atoms with Gasteiger partial charge in [0.1, 0.15) is 0 Å². The number of hydrogen-bond acceptors (Lipinski definition) is 6. The van der Waals surface area contributed by atoms with Gasteiger partial charge >= 0.3 is 0 Å². The molecule has 2 aromatic rings. The van der Waals surface area contributed by atoms with Gasteiger partial charge in [0.25, 0.3) is 11.8 Å². The lowest BCUT2D eigenvalue weighted by Gasteiger charge is -2.19. The third-order valence-corrected chi connectivity index (χ3v) is 6.75. The van der Waals surface area contributed by atoms with Crippen LogP contribution < -0.4 is 25.6 Å². The standard InChI is InChI=1S/C26H35N5O5S/c1-5-12-28-26(34)23(6-2)27-13-14-29-24(32)20-15-21(17-22(16-20)31(3)37(4,35)36)25(33)30-18-19-10-8-7-9-11-19/h5,7-11,15-17,23,27H,1,6,12-14,18H2,2-4H3,(H,28,34)(H,29,32)(H,30,33)/t23-/m0/s1. The van der Waals surface area contributed by atoms with Crippen LogP contribution >= 0.6 is 0 Å². The maximum atomic E-state index is 12.9. The summed E-state index contributed by atoms with van der Waals surface area (Å²) in [4.78, 5) is 37.9. The second-order valence-electron chi connectivity index (χ2n) is 8.37. The van der Waals surface area contributed by atoms with Gasteiger partial charge in [-0.25, -0.2) is 8.42 Å². The van der Waals surface area contributed by atoms with E-state index >= 15 is 0 Å². The van der Waals surface area contributed by atoms with Crippen molar-refractivity contribution in [3.63, 3.8) is 0 Å². The molecule has 200 valence electrons. The van der Waals surface area contributed by atoms with Crippen molar-refractivity contribution < 1.29 is 22.8 Å². The molecule has 0 aliphatic rings. The summed E-state index contributed by atoms with van der Waals surface area (Å²) in [6, 6.07) is 13.2. The third-order valence-electron chi connectivity index (χ3n) is 5.55. The van der Waals surface area contributed by atoms with E-state index in [-0.39, 0.29) is 35.8 Å². The van der Waals surface area contributed by atoms with Crippen molar-refractivity contribution in [1.82, 2.24) is 21.3 Å². The molecule has 37 heavy (non-hydrogen) atoms. The Labute approximate surface area is 218 Å². The van der Waals surface area contributed by atoms with Gasteiger partial charge in [0.2, 0.25) is 15.9 Å². The molecule has 1 atom stereocenters. The van der Waals surface area contributed by atoms with Gasteiger partial charge in [-0.15, -0.1) is 6.58 Å². The molecule has 0 saturated carbocycles. The van der Waals surface area contributed by atoms with Gasteiger partial charge in [-0.3, -0.25) is 18.7 Å². The molecule has 0 spiro atoms. The van der Waals surface area contributed by atoms with Crippen LogP contribution in [0.5, 0.6) is 0 Å². The molecule has 0 bridgehead atoms. The molecule has 0 heterocycles. The van der Waals surface area contributed by atoms with Crippen LogP contribution in [-0.2, 0) is 21.4 Å². The summed E-state index contributed by atoms with van der Waals surface area (Å²) in [5.41, 5.74) is 1.36. The first-order valence-corrected chi connectivity index (χ1v) is 13.7. The predicted molar refractivity (Wildman–Crippen MR) is 145 cm³/mol. The quantitative estimate of drug-likeness (QED) is 0.216. The molecular weight excluding hydrogens is 494 g/mol. The van der Waals surface area contributed by atoms with E-state index in [1.165, 1.54) is 25.2 Å². The van der Waals surface area contributed by atoms with Gasteiger partial charge in [-0.05, 0) is 30.2 Å². The number of amides is 3. The highest BCUT2D eigenvalue weighted by molar-refractivity contribution is 7.92. The summed E-state index contributed by atoms with van der Waals surface area (Å²) in [6.45, 7) is 6.63. The number of anilines is 1. The van der Waals surface area contributed by atoms with Crippen LogP contribution in [0.2, 0.25) is 0 Å². The van der Waals surface area contributed by atoms with Crippen molar-refractivity contribution in [1.29, 1.82) is 0 Å². The fourth-order valence-electron chi connectivity index (χ4n) is 3.37. The minimum absolute atomic E-state index is 0.133. The number of rotatable bonds is 14. The zero-order valence-electron chi connectivity index (χ0n) is 21.4. The van der Waals surface area contributed by atoms with Crippen LogP contribution in [0.4, 0.5) is 5.69 Å². The van der Waals surface area contributed by atoms with Crippen LogP contribution in [0.15, 0.2) is 61.2 Å². The highest BCUT2D eigenvalue weighted by Gasteiger charge is 2.19. The zero-order chi connectivity index (χ0) is 27.4. The molecule has 0 aromatic heterocycles. The van der Waals surface area contributed by atoms with E-state index in [0.29, 0.717) is 19.5 Å². The Bertz CT molecular complexity index is 1200. The monoisotopic (exact) mass is 529 g/mol. The Morgan fingerprint density at radius 2 is 1.59 bits per heavy atom. The van der Waals surface area contributed by atoms with E-state index in [1.54, 1.807) is 6.08 Å². The first-order chi connectivity index (χ1) is 17.6. The molecule has 2 rings (SSSR count). The Morgan fingerprint density at radius 3 is 2.16 bits per heavy atom. The molecule has 3 amide bonds. The SMILES string of the molecule is C=CCNC(=O)[C@H](CC)NCCNC(=O)c1cc(C(=O)NCc2ccccc2)cc(N(C)S(C)(=O)=O)c1. The largest absolute Gasteiger partial charge is 0.351 e. The molecular formula is C26H35N5O5S. The van der Waals surface area contributed by atoms with Crippen molar-refractivity contribution in [3.05, 3.63) is 77.9 Å². The molecule has 0 unspecified atom stereocenters. The summed E-state index contributed by atoms with van der Waals surface area (Å²) in [7, 11) is -2.28. The van der Waals surface area contributed by atoms with Crippen molar-refractivity contribution >= 4 is 33.4 Å². The van der Waals surface area contributed by atoms with E-state index in [0.717, 1.165) is 16.1 Å². The Hall–Kier alpha value is -3.70. The van der Waals surface area contributed by atoms with Crippen LogP contribution in [0.25, 0.3) is 0 Å². The van der Waals surface area contributed by atoms with Gasteiger partial charge < -0.3 is 21.3 Å². The molecule has 0 saturated heterocycles. The van der Waals surface area contributed by atoms with Gasteiger partial charge in [0, 0.05) is 44.4 Å². The molecule has 4 N–H and O–H groups in total. The van der Waals surface area contributed by atoms with E-state index in [4.69, 9.17) is 0 Å². The van der Waals surface area contributed by atoms with Crippen LogP contribution in [0, 0.1) is 0 Å². The van der Waals surface area contributed by atoms with E-state index in [2.05, 4.69) is 27.8 Å². The number of carbonyl (C=O) groups is 3. The fraction of sp³-hybridized carbons (Fsp3) is 0.346. The average Bonchev–Trinajstić information content (AvgIpc) is 2.89. The third kappa shape index (κ3) is 9.36. The van der Waals surface area contributed by atoms with Gasteiger partial charge in [0.05, 0.1) is 18.0 Å². The smallest absolute Gasteiger partial charge is 0.251 e. The molecule has 0 aliphatic heterocycles. The first kappa shape index (κ1) is 29.5. The summed E-state index contributed by atoms with van der Waals surface area (Å²) in [5.74, 6) is -1.08. The number of benzene rings is 2. The lowest BCUT2D eigenvalue weighted by Crippen LogP contribution is -2.46. The highest BCUT2D eigenvalue weighted by atomic mass is 32.2. The number of hydrogen-bond donors (Lipinski definition) is 4. The Kier molecular flexibility index (Phi) is 11.3. The predicted octanol–water partition coefficient (Wildman–Crippen LogP) is 1.41. The van der Waals surface area contributed by atoms with Crippen molar-refractivity contribution in [2.75, 3.05) is 37.2 Å². The number of carbonyl (C=O) groups excluding carboxylic acids is 3. The summed E-state index contributed by atoms with van der Waals surface area (Å²) < 4.78 is 25.2. The molecule has 2 aromatic carbocycles. The second-order valence-corrected chi connectivity index (χ2v) is 10.4. The highest BCUT2D eigenvalue weighted by Crippen LogP contribution is 2.21. The fourth-order valence-corrected chi connectivity index (χ4v) is 3.86. The molecule has 0 fully saturated rings. The maximum absolute atomic E-state index is 12.9. The summed E-state index contributed by atoms with van der Waals surface area (Å²) in [5, 5.41) is 11.3. The number of nitrogens with one attached hydrogen (secondary N) is 4.